The summed E-state index contributed by atoms with van der Waals surface area (Å²) in [4.78, 5) is 16.3. The maximum atomic E-state index is 11.9. The highest BCUT2D eigenvalue weighted by atomic mass is 16.5. The summed E-state index contributed by atoms with van der Waals surface area (Å²) in [6, 6.07) is 0. The number of ether oxygens (including phenoxy) is 1. The van der Waals surface area contributed by atoms with Gasteiger partial charge < -0.3 is 9.15 Å². The van der Waals surface area contributed by atoms with Gasteiger partial charge in [-0.15, -0.1) is 0 Å². The number of carbonyl (C=O) groups excluding carboxylic acids is 1. The standard InChI is InChI=1S/C15H25NO3/c1-7-18-14(17)13-11(8-10(2)3)16-12(19-13)9-15(4,5)6/h10H,7-9H2,1-6H3. The SMILES string of the molecule is CCOC(=O)c1oc(CC(C)(C)C)nc1CC(C)C. The van der Waals surface area contributed by atoms with E-state index in [2.05, 4.69) is 39.6 Å². The number of carbonyl (C=O) groups is 1. The van der Waals surface area contributed by atoms with Crippen LogP contribution in [0.15, 0.2) is 4.42 Å². The van der Waals surface area contributed by atoms with Crippen molar-refractivity contribution in [1.82, 2.24) is 4.98 Å². The molecule has 1 rings (SSSR count). The zero-order chi connectivity index (χ0) is 14.6. The molecule has 0 aromatic carbocycles. The number of nitrogens with zero attached hydrogens (tertiary/aromatic N) is 1. The van der Waals surface area contributed by atoms with Crippen molar-refractivity contribution < 1.29 is 13.9 Å². The fraction of sp³-hybridized carbons (Fsp3) is 0.733. The summed E-state index contributed by atoms with van der Waals surface area (Å²) in [5.74, 6) is 0.896. The van der Waals surface area contributed by atoms with E-state index in [1.807, 2.05) is 0 Å². The number of aromatic nitrogens is 1. The molecule has 1 aromatic rings. The number of esters is 1. The molecule has 0 amide bonds. The Balaban J connectivity index is 3.01. The molecule has 1 heterocycles. The van der Waals surface area contributed by atoms with Crippen LogP contribution in [0.4, 0.5) is 0 Å². The zero-order valence-electron chi connectivity index (χ0n) is 12.9. The van der Waals surface area contributed by atoms with Crippen molar-refractivity contribution in [2.24, 2.45) is 11.3 Å². The molecule has 0 fully saturated rings. The second kappa shape index (κ2) is 6.22. The van der Waals surface area contributed by atoms with Gasteiger partial charge in [-0.25, -0.2) is 9.78 Å². The lowest BCUT2D eigenvalue weighted by Crippen LogP contribution is -2.09. The lowest BCUT2D eigenvalue weighted by atomic mass is 9.92. The highest BCUT2D eigenvalue weighted by Crippen LogP contribution is 2.23. The summed E-state index contributed by atoms with van der Waals surface area (Å²) in [7, 11) is 0. The topological polar surface area (TPSA) is 52.3 Å². The highest BCUT2D eigenvalue weighted by molar-refractivity contribution is 5.87. The fourth-order valence-electron chi connectivity index (χ4n) is 1.81. The quantitative estimate of drug-likeness (QED) is 0.764. The van der Waals surface area contributed by atoms with Crippen LogP contribution in [-0.2, 0) is 17.6 Å². The molecule has 0 aliphatic heterocycles. The molecule has 108 valence electrons. The third kappa shape index (κ3) is 5.05. The third-order valence-electron chi connectivity index (χ3n) is 2.49. The first kappa shape index (κ1) is 15.7. The predicted octanol–water partition coefficient (Wildman–Crippen LogP) is 3.64. The van der Waals surface area contributed by atoms with E-state index in [9.17, 15) is 4.79 Å². The summed E-state index contributed by atoms with van der Waals surface area (Å²) in [6.45, 7) is 12.7. The maximum absolute atomic E-state index is 11.9. The van der Waals surface area contributed by atoms with E-state index in [0.717, 1.165) is 6.42 Å². The Labute approximate surface area is 115 Å². The molecule has 0 N–H and O–H groups in total. The molecule has 4 heteroatoms. The van der Waals surface area contributed by atoms with Gasteiger partial charge >= 0.3 is 5.97 Å². The van der Waals surface area contributed by atoms with E-state index in [0.29, 0.717) is 30.5 Å². The second-order valence-electron chi connectivity index (χ2n) is 6.44. The van der Waals surface area contributed by atoms with Gasteiger partial charge in [0.25, 0.3) is 0 Å². The molecular formula is C15H25NO3. The first-order valence-corrected chi connectivity index (χ1v) is 6.88. The third-order valence-corrected chi connectivity index (χ3v) is 2.49. The maximum Gasteiger partial charge on any atom is 0.376 e. The van der Waals surface area contributed by atoms with Crippen molar-refractivity contribution in [2.45, 2.75) is 54.4 Å². The minimum Gasteiger partial charge on any atom is -0.460 e. The van der Waals surface area contributed by atoms with Gasteiger partial charge in [0.1, 0.15) is 0 Å². The van der Waals surface area contributed by atoms with Crippen LogP contribution < -0.4 is 0 Å². The first-order chi connectivity index (χ1) is 8.73. The van der Waals surface area contributed by atoms with E-state index in [-0.39, 0.29) is 11.2 Å². The van der Waals surface area contributed by atoms with E-state index in [1.165, 1.54) is 0 Å². The van der Waals surface area contributed by atoms with E-state index < -0.39 is 5.97 Å². The molecule has 0 bridgehead atoms. The molecule has 4 nitrogen and oxygen atoms in total. The normalized spacial score (nSPS) is 11.9. The first-order valence-electron chi connectivity index (χ1n) is 6.88. The van der Waals surface area contributed by atoms with Crippen LogP contribution in [0, 0.1) is 11.3 Å². The minimum absolute atomic E-state index is 0.0753. The molecule has 1 aromatic heterocycles. The molecule has 0 atom stereocenters. The van der Waals surface area contributed by atoms with Crippen LogP contribution in [0.2, 0.25) is 0 Å². The monoisotopic (exact) mass is 267 g/mol. The predicted molar refractivity (Wildman–Crippen MR) is 74.2 cm³/mol. The molecule has 0 spiro atoms. The van der Waals surface area contributed by atoms with Crippen LogP contribution in [0.25, 0.3) is 0 Å². The Morgan fingerprint density at radius 1 is 1.37 bits per heavy atom. The Morgan fingerprint density at radius 3 is 2.47 bits per heavy atom. The van der Waals surface area contributed by atoms with Gasteiger partial charge in [-0.1, -0.05) is 34.6 Å². The molecule has 0 aliphatic rings. The average Bonchev–Trinajstić information content (AvgIpc) is 2.57. The molecule has 0 saturated carbocycles. The average molecular weight is 267 g/mol. The van der Waals surface area contributed by atoms with Crippen molar-refractivity contribution >= 4 is 5.97 Å². The number of rotatable bonds is 5. The highest BCUT2D eigenvalue weighted by Gasteiger charge is 2.24. The van der Waals surface area contributed by atoms with E-state index in [1.54, 1.807) is 6.92 Å². The van der Waals surface area contributed by atoms with Crippen molar-refractivity contribution in [3.8, 4) is 0 Å². The van der Waals surface area contributed by atoms with E-state index in [4.69, 9.17) is 9.15 Å². The summed E-state index contributed by atoms with van der Waals surface area (Å²) in [5, 5.41) is 0. The Kier molecular flexibility index (Phi) is 5.15. The molecular weight excluding hydrogens is 242 g/mol. The second-order valence-corrected chi connectivity index (χ2v) is 6.44. The van der Waals surface area contributed by atoms with Gasteiger partial charge in [0.2, 0.25) is 5.76 Å². The lowest BCUT2D eigenvalue weighted by Gasteiger charge is -2.14. The summed E-state index contributed by atoms with van der Waals surface area (Å²) in [6.07, 6.45) is 1.43. The lowest BCUT2D eigenvalue weighted by molar-refractivity contribution is 0.0485. The largest absolute Gasteiger partial charge is 0.460 e. The van der Waals surface area contributed by atoms with Gasteiger partial charge in [-0.2, -0.15) is 0 Å². The molecule has 19 heavy (non-hydrogen) atoms. The van der Waals surface area contributed by atoms with Gasteiger partial charge in [0, 0.05) is 6.42 Å². The van der Waals surface area contributed by atoms with Crippen LogP contribution in [0.1, 0.15) is 63.7 Å². The number of oxazole rings is 1. The van der Waals surface area contributed by atoms with Crippen molar-refractivity contribution in [1.29, 1.82) is 0 Å². The van der Waals surface area contributed by atoms with Gasteiger partial charge in [-0.05, 0) is 24.7 Å². The van der Waals surface area contributed by atoms with Crippen molar-refractivity contribution in [2.75, 3.05) is 6.61 Å². The Bertz CT molecular complexity index is 427. The summed E-state index contributed by atoms with van der Waals surface area (Å²) in [5.41, 5.74) is 0.791. The molecule has 0 aliphatic carbocycles. The van der Waals surface area contributed by atoms with Gasteiger partial charge in [-0.3, -0.25) is 0 Å². The number of hydrogen-bond donors (Lipinski definition) is 0. The molecule has 0 unspecified atom stereocenters. The van der Waals surface area contributed by atoms with Gasteiger partial charge in [0.15, 0.2) is 5.89 Å². The molecule has 0 saturated heterocycles. The minimum atomic E-state index is -0.411. The zero-order valence-corrected chi connectivity index (χ0v) is 12.9. The smallest absolute Gasteiger partial charge is 0.376 e. The summed E-state index contributed by atoms with van der Waals surface area (Å²) < 4.78 is 10.6. The van der Waals surface area contributed by atoms with Crippen molar-refractivity contribution in [3.63, 3.8) is 0 Å². The van der Waals surface area contributed by atoms with Crippen LogP contribution in [-0.4, -0.2) is 17.6 Å². The van der Waals surface area contributed by atoms with E-state index >= 15 is 0 Å². The van der Waals surface area contributed by atoms with Crippen molar-refractivity contribution in [3.05, 3.63) is 17.3 Å². The van der Waals surface area contributed by atoms with Gasteiger partial charge in [0.05, 0.1) is 12.3 Å². The fourth-order valence-corrected chi connectivity index (χ4v) is 1.81. The van der Waals surface area contributed by atoms with Crippen LogP contribution in [0.3, 0.4) is 0 Å². The molecule has 0 radical (unpaired) electrons. The Hall–Kier alpha value is -1.32. The van der Waals surface area contributed by atoms with Crippen LogP contribution in [0.5, 0.6) is 0 Å². The summed E-state index contributed by atoms with van der Waals surface area (Å²) >= 11 is 0. The number of hydrogen-bond acceptors (Lipinski definition) is 4. The van der Waals surface area contributed by atoms with Crippen LogP contribution >= 0.6 is 0 Å². The Morgan fingerprint density at radius 2 is 2.00 bits per heavy atom.